The highest BCUT2D eigenvalue weighted by Gasteiger charge is 2.54. The average molecular weight is 669 g/mol. The Labute approximate surface area is 279 Å². The lowest BCUT2D eigenvalue weighted by Gasteiger charge is -2.31. The molecule has 248 valence electrons. The van der Waals surface area contributed by atoms with E-state index < -0.39 is 33.1 Å². The maximum Gasteiger partial charge on any atom is 0.266 e. The summed E-state index contributed by atoms with van der Waals surface area (Å²) in [4.78, 5) is 22.3. The third-order valence-corrected chi connectivity index (χ3v) is 9.60. The van der Waals surface area contributed by atoms with Gasteiger partial charge in [0.25, 0.3) is 5.91 Å². The molecule has 4 aromatic rings. The van der Waals surface area contributed by atoms with Crippen molar-refractivity contribution in [2.75, 3.05) is 19.0 Å². The summed E-state index contributed by atoms with van der Waals surface area (Å²) in [7, 11) is -3.84. The number of aliphatic imine (C=N–C) groups is 1. The SMILES string of the molecule is [N-]=[N+]=NCc1ccccc1[C@@H]1OC(c2ccc(OCCCO)cc2)=N[C@]1(CCS(=O)(=O)c1ccccc1)C(=O)NNCc1ccccc1. The first-order valence-corrected chi connectivity index (χ1v) is 17.1. The quantitative estimate of drug-likeness (QED) is 0.0483. The van der Waals surface area contributed by atoms with E-state index in [-0.39, 0.29) is 30.4 Å². The van der Waals surface area contributed by atoms with Crippen molar-refractivity contribution in [1.29, 1.82) is 0 Å². The predicted octanol–water partition coefficient (Wildman–Crippen LogP) is 5.20. The molecule has 48 heavy (non-hydrogen) atoms. The monoisotopic (exact) mass is 668 g/mol. The minimum absolute atomic E-state index is 0.00954. The van der Waals surface area contributed by atoms with E-state index in [9.17, 15) is 13.2 Å². The zero-order chi connectivity index (χ0) is 33.8. The number of aliphatic hydroxyl groups is 1. The van der Waals surface area contributed by atoms with Crippen molar-refractivity contribution in [1.82, 2.24) is 10.9 Å². The summed E-state index contributed by atoms with van der Waals surface area (Å²) in [5, 5.41) is 12.8. The molecule has 1 aliphatic heterocycles. The van der Waals surface area contributed by atoms with Crippen LogP contribution in [0.25, 0.3) is 10.4 Å². The second-order valence-corrected chi connectivity index (χ2v) is 13.2. The topological polar surface area (TPSA) is 175 Å². The van der Waals surface area contributed by atoms with Gasteiger partial charge in [-0.25, -0.2) is 18.8 Å². The Morgan fingerprint density at radius 2 is 1.67 bits per heavy atom. The molecule has 3 N–H and O–H groups in total. The predicted molar refractivity (Wildman–Crippen MR) is 181 cm³/mol. The van der Waals surface area contributed by atoms with Gasteiger partial charge in [0.1, 0.15) is 5.75 Å². The zero-order valence-corrected chi connectivity index (χ0v) is 26.9. The minimum Gasteiger partial charge on any atom is -0.494 e. The molecule has 2 atom stereocenters. The number of aliphatic hydroxyl groups excluding tert-OH is 1. The summed E-state index contributed by atoms with van der Waals surface area (Å²) in [5.41, 5.74) is 15.6. The first-order valence-electron chi connectivity index (χ1n) is 15.4. The number of benzene rings is 4. The van der Waals surface area contributed by atoms with Gasteiger partial charge in [0, 0.05) is 36.5 Å². The van der Waals surface area contributed by atoms with Crippen LogP contribution < -0.4 is 15.6 Å². The molecule has 0 unspecified atom stereocenters. The molecule has 0 aliphatic carbocycles. The first-order chi connectivity index (χ1) is 23.4. The fourth-order valence-electron chi connectivity index (χ4n) is 5.36. The van der Waals surface area contributed by atoms with Crippen molar-refractivity contribution in [3.63, 3.8) is 0 Å². The van der Waals surface area contributed by atoms with Gasteiger partial charge < -0.3 is 14.6 Å². The summed E-state index contributed by atoms with van der Waals surface area (Å²) in [5.74, 6) is -0.291. The highest BCUT2D eigenvalue weighted by Crippen LogP contribution is 2.44. The van der Waals surface area contributed by atoms with E-state index in [1.807, 2.05) is 30.3 Å². The van der Waals surface area contributed by atoms with Crippen molar-refractivity contribution in [2.24, 2.45) is 10.1 Å². The van der Waals surface area contributed by atoms with E-state index >= 15 is 0 Å². The van der Waals surface area contributed by atoms with Crippen LogP contribution in [0.3, 0.4) is 0 Å². The Hall–Kier alpha value is -5.20. The van der Waals surface area contributed by atoms with Crippen LogP contribution in [-0.2, 0) is 32.5 Å². The molecule has 4 aromatic carbocycles. The van der Waals surface area contributed by atoms with Gasteiger partial charge in [0.05, 0.1) is 23.8 Å². The Morgan fingerprint density at radius 1 is 0.979 bits per heavy atom. The molecule has 1 heterocycles. The number of sulfone groups is 1. The molecule has 0 bridgehead atoms. The summed E-state index contributed by atoms with van der Waals surface area (Å²) in [6, 6.07) is 31.5. The van der Waals surface area contributed by atoms with E-state index in [1.165, 1.54) is 12.1 Å². The summed E-state index contributed by atoms with van der Waals surface area (Å²) in [6.45, 7) is 0.633. The molecule has 5 rings (SSSR count). The van der Waals surface area contributed by atoms with Crippen LogP contribution in [0.5, 0.6) is 5.75 Å². The third kappa shape index (κ3) is 8.20. The first kappa shape index (κ1) is 34.1. The smallest absolute Gasteiger partial charge is 0.266 e. The Kier molecular flexibility index (Phi) is 11.4. The minimum atomic E-state index is -3.84. The Balaban J connectivity index is 1.56. The Morgan fingerprint density at radius 3 is 2.38 bits per heavy atom. The van der Waals surface area contributed by atoms with Crippen LogP contribution in [0.15, 0.2) is 124 Å². The number of carbonyl (C=O) groups is 1. The number of rotatable bonds is 16. The number of nitrogens with one attached hydrogen (secondary N) is 2. The normalized spacial score (nSPS) is 17.1. The van der Waals surface area contributed by atoms with Crippen LogP contribution >= 0.6 is 0 Å². The fourth-order valence-corrected chi connectivity index (χ4v) is 6.74. The van der Waals surface area contributed by atoms with Gasteiger partial charge >= 0.3 is 0 Å². The lowest BCUT2D eigenvalue weighted by Crippen LogP contribution is -2.53. The molecular weight excluding hydrogens is 632 g/mol. The maximum absolute atomic E-state index is 14.4. The van der Waals surface area contributed by atoms with Crippen LogP contribution in [-0.4, -0.2) is 49.8 Å². The second-order valence-electron chi connectivity index (χ2n) is 11.1. The molecule has 0 spiro atoms. The lowest BCUT2D eigenvalue weighted by molar-refractivity contribution is -0.130. The molecule has 0 radical (unpaired) electrons. The van der Waals surface area contributed by atoms with Gasteiger partial charge in [-0.15, -0.1) is 0 Å². The number of ether oxygens (including phenoxy) is 2. The molecule has 13 heteroatoms. The van der Waals surface area contributed by atoms with Crippen molar-refractivity contribution in [3.05, 3.63) is 142 Å². The maximum atomic E-state index is 14.4. The number of amides is 1. The molecule has 12 nitrogen and oxygen atoms in total. The lowest BCUT2D eigenvalue weighted by atomic mass is 9.83. The van der Waals surface area contributed by atoms with Gasteiger partial charge in [-0.1, -0.05) is 77.9 Å². The highest BCUT2D eigenvalue weighted by atomic mass is 32.2. The summed E-state index contributed by atoms with van der Waals surface area (Å²) < 4.78 is 39.3. The van der Waals surface area contributed by atoms with E-state index in [0.717, 1.165) is 5.56 Å². The summed E-state index contributed by atoms with van der Waals surface area (Å²) >= 11 is 0. The zero-order valence-electron chi connectivity index (χ0n) is 26.1. The van der Waals surface area contributed by atoms with E-state index in [1.54, 1.807) is 66.7 Å². The van der Waals surface area contributed by atoms with Gasteiger partial charge in [0.15, 0.2) is 21.5 Å². The van der Waals surface area contributed by atoms with Gasteiger partial charge in [-0.3, -0.25) is 10.2 Å². The highest BCUT2D eigenvalue weighted by molar-refractivity contribution is 7.91. The Bertz CT molecular complexity index is 1870. The number of hydrazine groups is 1. The van der Waals surface area contributed by atoms with Crippen molar-refractivity contribution in [3.8, 4) is 5.75 Å². The van der Waals surface area contributed by atoms with Gasteiger partial charge in [0.2, 0.25) is 5.90 Å². The third-order valence-electron chi connectivity index (χ3n) is 7.86. The van der Waals surface area contributed by atoms with E-state index in [4.69, 9.17) is 25.1 Å². The van der Waals surface area contributed by atoms with Crippen molar-refractivity contribution < 1.29 is 27.8 Å². The number of carbonyl (C=O) groups excluding carboxylic acids is 1. The molecule has 1 amide bonds. The average Bonchev–Trinajstić information content (AvgIpc) is 3.52. The number of nitrogens with zero attached hydrogens (tertiary/aromatic N) is 4. The van der Waals surface area contributed by atoms with Gasteiger partial charge in [-0.05, 0) is 58.6 Å². The second kappa shape index (κ2) is 16.1. The molecule has 1 aliphatic rings. The van der Waals surface area contributed by atoms with Crippen LogP contribution in [0.1, 0.15) is 41.2 Å². The standard InChI is InChI=1S/C35H36N6O6S/c36-41-38-25-28-12-7-8-15-31(28)32-35(20-23-48(44,45)30-13-5-2-6-14-30,34(43)40-37-24-26-10-3-1-4-11-26)39-33(47-32)27-16-18-29(19-17-27)46-22-9-21-42/h1-8,10-19,32,37,42H,9,20-25H2,(H,40,43)/t32-,35-/m0/s1. The summed E-state index contributed by atoms with van der Waals surface area (Å²) in [6.07, 6.45) is -0.825. The van der Waals surface area contributed by atoms with Crippen LogP contribution in [0.2, 0.25) is 0 Å². The molecule has 0 aromatic heterocycles. The van der Waals surface area contributed by atoms with Crippen molar-refractivity contribution >= 4 is 21.6 Å². The van der Waals surface area contributed by atoms with E-state index in [2.05, 4.69) is 20.9 Å². The number of hydrogen-bond donors (Lipinski definition) is 3. The van der Waals surface area contributed by atoms with E-state index in [0.29, 0.717) is 42.0 Å². The molecule has 0 fully saturated rings. The van der Waals surface area contributed by atoms with Crippen LogP contribution in [0.4, 0.5) is 0 Å². The molecular formula is C35H36N6O6S. The molecule has 0 saturated carbocycles. The van der Waals surface area contributed by atoms with Crippen molar-refractivity contribution in [2.45, 2.75) is 42.5 Å². The van der Waals surface area contributed by atoms with Gasteiger partial charge in [-0.2, -0.15) is 0 Å². The largest absolute Gasteiger partial charge is 0.494 e. The van der Waals surface area contributed by atoms with Crippen LogP contribution in [0, 0.1) is 0 Å². The number of hydrogen-bond acceptors (Lipinski definition) is 9. The number of azide groups is 1. The molecule has 0 saturated heterocycles. The fraction of sp³-hybridized carbons (Fsp3) is 0.257.